The number of carbonyl (C=O) groups excluding carboxylic acids is 1. The van der Waals surface area contributed by atoms with E-state index in [9.17, 15) is 4.79 Å². The highest BCUT2D eigenvalue weighted by Gasteiger charge is 2.20. The van der Waals surface area contributed by atoms with E-state index in [2.05, 4.69) is 10.6 Å². The van der Waals surface area contributed by atoms with E-state index in [1.165, 1.54) is 0 Å². The van der Waals surface area contributed by atoms with Crippen LogP contribution < -0.4 is 10.6 Å². The van der Waals surface area contributed by atoms with Crippen molar-refractivity contribution in [3.05, 3.63) is 0 Å². The number of hydrogen-bond acceptors (Lipinski definition) is 6. The summed E-state index contributed by atoms with van der Waals surface area (Å²) in [5.41, 5.74) is -0.477. The summed E-state index contributed by atoms with van der Waals surface area (Å²) in [6.07, 6.45) is 0.973. The molecule has 0 bridgehead atoms. The summed E-state index contributed by atoms with van der Waals surface area (Å²) < 4.78 is 20.9. The van der Waals surface area contributed by atoms with Crippen molar-refractivity contribution in [2.45, 2.75) is 64.5 Å². The minimum atomic E-state index is -0.477. The van der Waals surface area contributed by atoms with Crippen LogP contribution in [0.1, 0.15) is 40.5 Å². The van der Waals surface area contributed by atoms with Crippen LogP contribution in [0.3, 0.4) is 0 Å². The molecule has 2 atom stereocenters. The highest BCUT2D eigenvalue weighted by atomic mass is 16.7. The predicted octanol–water partition coefficient (Wildman–Crippen LogP) is 1.90. The van der Waals surface area contributed by atoms with Gasteiger partial charge in [-0.2, -0.15) is 0 Å². The van der Waals surface area contributed by atoms with Crippen LogP contribution in [-0.4, -0.2) is 64.5 Å². The van der Waals surface area contributed by atoms with Gasteiger partial charge in [-0.15, -0.1) is 0 Å². The summed E-state index contributed by atoms with van der Waals surface area (Å²) in [4.78, 5) is 11.6. The van der Waals surface area contributed by atoms with Gasteiger partial charge in [-0.1, -0.05) is 0 Å². The highest BCUT2D eigenvalue weighted by Crippen LogP contribution is 2.07. The van der Waals surface area contributed by atoms with Gasteiger partial charge in [0.2, 0.25) is 0 Å². The van der Waals surface area contributed by atoms with E-state index in [1.807, 2.05) is 27.7 Å². The SMILES string of the molecule is COCC(CCCNC(=O)OC(C)(C)C)NC(C)C(OC)OC. The first kappa shape index (κ1) is 22.1. The van der Waals surface area contributed by atoms with Crippen molar-refractivity contribution in [1.82, 2.24) is 10.6 Å². The zero-order valence-electron chi connectivity index (χ0n) is 15.6. The third-order valence-corrected chi connectivity index (χ3v) is 3.14. The number of ether oxygens (including phenoxy) is 4. The lowest BCUT2D eigenvalue weighted by molar-refractivity contribution is -0.121. The van der Waals surface area contributed by atoms with Crippen LogP contribution >= 0.6 is 0 Å². The van der Waals surface area contributed by atoms with Crippen LogP contribution in [0.15, 0.2) is 0 Å². The smallest absolute Gasteiger partial charge is 0.407 e. The maximum atomic E-state index is 11.6. The van der Waals surface area contributed by atoms with Gasteiger partial charge in [-0.05, 0) is 40.5 Å². The van der Waals surface area contributed by atoms with Gasteiger partial charge in [0.25, 0.3) is 0 Å². The second-order valence-electron chi connectivity index (χ2n) is 6.52. The van der Waals surface area contributed by atoms with E-state index in [1.54, 1.807) is 21.3 Å². The summed E-state index contributed by atoms with van der Waals surface area (Å²) in [7, 11) is 4.90. The second kappa shape index (κ2) is 11.6. The Hall–Kier alpha value is -0.890. The maximum absolute atomic E-state index is 11.6. The molecule has 0 rings (SSSR count). The second-order valence-corrected chi connectivity index (χ2v) is 6.52. The topological polar surface area (TPSA) is 78.1 Å². The molecule has 0 aliphatic rings. The molecule has 23 heavy (non-hydrogen) atoms. The standard InChI is InChI=1S/C16H34N2O5/c1-12(14(21-6)22-7)18-13(11-20-5)9-8-10-17-15(19)23-16(2,3)4/h12-14,18H,8-11H2,1-7H3,(H,17,19). The van der Waals surface area contributed by atoms with Gasteiger partial charge in [0, 0.05) is 33.9 Å². The van der Waals surface area contributed by atoms with Crippen molar-refractivity contribution >= 4 is 6.09 Å². The lowest BCUT2D eigenvalue weighted by Crippen LogP contribution is -2.47. The molecule has 0 saturated heterocycles. The Morgan fingerprint density at radius 2 is 1.74 bits per heavy atom. The predicted molar refractivity (Wildman–Crippen MR) is 89.5 cm³/mol. The summed E-state index contributed by atoms with van der Waals surface area (Å²) in [6, 6.07) is 0.187. The number of hydrogen-bond donors (Lipinski definition) is 2. The first-order valence-corrected chi connectivity index (χ1v) is 8.01. The highest BCUT2D eigenvalue weighted by molar-refractivity contribution is 5.67. The fraction of sp³-hybridized carbons (Fsp3) is 0.938. The maximum Gasteiger partial charge on any atom is 0.407 e. The van der Waals surface area contributed by atoms with E-state index < -0.39 is 5.60 Å². The Labute approximate surface area is 140 Å². The quantitative estimate of drug-likeness (QED) is 0.444. The number of alkyl carbamates (subject to hydrolysis) is 1. The van der Waals surface area contributed by atoms with Crippen LogP contribution in [0, 0.1) is 0 Å². The van der Waals surface area contributed by atoms with Crippen LogP contribution in [-0.2, 0) is 18.9 Å². The molecule has 0 aromatic carbocycles. The molecule has 0 aliphatic heterocycles. The average Bonchev–Trinajstić information content (AvgIpc) is 2.43. The molecule has 138 valence electrons. The lowest BCUT2D eigenvalue weighted by Gasteiger charge is -2.27. The van der Waals surface area contributed by atoms with Gasteiger partial charge in [0.1, 0.15) is 5.60 Å². The fourth-order valence-corrected chi connectivity index (χ4v) is 2.22. The molecule has 0 heterocycles. The number of methoxy groups -OCH3 is 3. The molecular formula is C16H34N2O5. The molecule has 0 aromatic heterocycles. The molecule has 0 aliphatic carbocycles. The Bertz CT molecular complexity index is 316. The zero-order valence-corrected chi connectivity index (χ0v) is 15.6. The molecule has 1 amide bonds. The van der Waals surface area contributed by atoms with E-state index in [0.29, 0.717) is 13.2 Å². The number of rotatable bonds is 11. The molecule has 0 fully saturated rings. The summed E-state index contributed by atoms with van der Waals surface area (Å²) in [5, 5.41) is 6.18. The van der Waals surface area contributed by atoms with Crippen molar-refractivity contribution in [3.63, 3.8) is 0 Å². The van der Waals surface area contributed by atoms with Gasteiger partial charge in [-0.25, -0.2) is 4.79 Å². The summed E-state index contributed by atoms with van der Waals surface area (Å²) >= 11 is 0. The van der Waals surface area contributed by atoms with Crippen molar-refractivity contribution in [2.24, 2.45) is 0 Å². The molecule has 0 spiro atoms. The Kier molecular flexibility index (Phi) is 11.2. The molecule has 0 saturated carbocycles. The average molecular weight is 334 g/mol. The van der Waals surface area contributed by atoms with Gasteiger partial charge in [-0.3, -0.25) is 0 Å². The Morgan fingerprint density at radius 3 is 2.22 bits per heavy atom. The fourth-order valence-electron chi connectivity index (χ4n) is 2.22. The first-order chi connectivity index (χ1) is 10.7. The van der Waals surface area contributed by atoms with Crippen LogP contribution in [0.25, 0.3) is 0 Å². The van der Waals surface area contributed by atoms with E-state index in [4.69, 9.17) is 18.9 Å². The monoisotopic (exact) mass is 334 g/mol. The molecule has 0 radical (unpaired) electrons. The lowest BCUT2D eigenvalue weighted by atomic mass is 10.1. The van der Waals surface area contributed by atoms with Gasteiger partial charge in [0.15, 0.2) is 6.29 Å². The van der Waals surface area contributed by atoms with Crippen molar-refractivity contribution in [2.75, 3.05) is 34.5 Å². The molecule has 0 aromatic rings. The summed E-state index contributed by atoms with van der Waals surface area (Å²) in [5.74, 6) is 0. The molecular weight excluding hydrogens is 300 g/mol. The largest absolute Gasteiger partial charge is 0.444 e. The van der Waals surface area contributed by atoms with Crippen LogP contribution in [0.2, 0.25) is 0 Å². The van der Waals surface area contributed by atoms with Crippen molar-refractivity contribution < 1.29 is 23.7 Å². The van der Waals surface area contributed by atoms with Crippen LogP contribution in [0.4, 0.5) is 4.79 Å². The molecule has 2 unspecified atom stereocenters. The van der Waals surface area contributed by atoms with Gasteiger partial charge < -0.3 is 29.6 Å². The third-order valence-electron chi connectivity index (χ3n) is 3.14. The first-order valence-electron chi connectivity index (χ1n) is 8.01. The summed E-state index contributed by atoms with van der Waals surface area (Å²) in [6.45, 7) is 8.66. The van der Waals surface area contributed by atoms with E-state index >= 15 is 0 Å². The van der Waals surface area contributed by atoms with E-state index in [0.717, 1.165) is 12.8 Å². The van der Waals surface area contributed by atoms with Crippen LogP contribution in [0.5, 0.6) is 0 Å². The normalized spacial score (nSPS) is 14.6. The number of carbonyl (C=O) groups is 1. The Morgan fingerprint density at radius 1 is 1.13 bits per heavy atom. The van der Waals surface area contributed by atoms with Crippen molar-refractivity contribution in [1.29, 1.82) is 0 Å². The molecule has 7 nitrogen and oxygen atoms in total. The third kappa shape index (κ3) is 11.3. The van der Waals surface area contributed by atoms with E-state index in [-0.39, 0.29) is 24.5 Å². The van der Waals surface area contributed by atoms with Gasteiger partial charge in [0.05, 0.1) is 12.6 Å². The minimum Gasteiger partial charge on any atom is -0.444 e. The Balaban J connectivity index is 4.12. The zero-order chi connectivity index (χ0) is 17.9. The number of nitrogens with one attached hydrogen (secondary N) is 2. The number of amides is 1. The molecule has 7 heteroatoms. The molecule has 2 N–H and O–H groups in total. The minimum absolute atomic E-state index is 0.0314. The van der Waals surface area contributed by atoms with Crippen molar-refractivity contribution in [3.8, 4) is 0 Å². The van der Waals surface area contributed by atoms with Gasteiger partial charge >= 0.3 is 6.09 Å².